The van der Waals surface area contributed by atoms with E-state index < -0.39 is 0 Å². The lowest BCUT2D eigenvalue weighted by molar-refractivity contribution is 0.107. The Labute approximate surface area is 123 Å². The van der Waals surface area contributed by atoms with Crippen LogP contribution in [0, 0.1) is 11.7 Å². The summed E-state index contributed by atoms with van der Waals surface area (Å²) in [5.74, 6) is 0.605. The Balaban J connectivity index is 2.03. The summed E-state index contributed by atoms with van der Waals surface area (Å²) in [7, 11) is 0. The Morgan fingerprint density at radius 1 is 1.47 bits per heavy atom. The molecule has 2 unspecified atom stereocenters. The molecule has 19 heavy (non-hydrogen) atoms. The van der Waals surface area contributed by atoms with E-state index in [1.165, 1.54) is 25.3 Å². The van der Waals surface area contributed by atoms with E-state index in [0.717, 1.165) is 24.6 Å². The van der Waals surface area contributed by atoms with E-state index >= 15 is 0 Å². The normalized spacial score (nSPS) is 24.6. The third-order valence-corrected chi connectivity index (χ3v) is 4.77. The maximum Gasteiger partial charge on any atom is 0.137 e. The van der Waals surface area contributed by atoms with E-state index in [1.54, 1.807) is 0 Å². The molecular formula is C15H22BrFN2. The van der Waals surface area contributed by atoms with Gasteiger partial charge in [0.15, 0.2) is 0 Å². The Hall–Kier alpha value is -0.450. The summed E-state index contributed by atoms with van der Waals surface area (Å²) in [4.78, 5) is 2.44. The van der Waals surface area contributed by atoms with E-state index in [2.05, 4.69) is 27.8 Å². The van der Waals surface area contributed by atoms with Crippen LogP contribution in [0.5, 0.6) is 0 Å². The number of hydrogen-bond acceptors (Lipinski definition) is 2. The summed E-state index contributed by atoms with van der Waals surface area (Å²) >= 11 is 3.25. The van der Waals surface area contributed by atoms with Crippen molar-refractivity contribution in [1.82, 2.24) is 4.90 Å². The second kappa shape index (κ2) is 6.82. The summed E-state index contributed by atoms with van der Waals surface area (Å²) in [5.41, 5.74) is 7.05. The van der Waals surface area contributed by atoms with Crippen molar-refractivity contribution in [3.63, 3.8) is 0 Å². The molecule has 2 N–H and O–H groups in total. The molecule has 4 heteroatoms. The molecule has 1 heterocycles. The number of benzene rings is 1. The quantitative estimate of drug-likeness (QED) is 0.915. The molecule has 0 spiro atoms. The summed E-state index contributed by atoms with van der Waals surface area (Å²) in [6.45, 7) is 4.91. The fraction of sp³-hybridized carbons (Fsp3) is 0.600. The van der Waals surface area contributed by atoms with Crippen LogP contribution in [0.25, 0.3) is 0 Å². The number of likely N-dealkylation sites (tertiary alicyclic amines) is 1. The summed E-state index contributed by atoms with van der Waals surface area (Å²) in [5, 5.41) is 0. The highest BCUT2D eigenvalue weighted by atomic mass is 79.9. The molecule has 0 radical (unpaired) electrons. The van der Waals surface area contributed by atoms with Gasteiger partial charge in [-0.1, -0.05) is 19.4 Å². The lowest BCUT2D eigenvalue weighted by atomic mass is 9.88. The van der Waals surface area contributed by atoms with Crippen molar-refractivity contribution in [3.05, 3.63) is 34.1 Å². The van der Waals surface area contributed by atoms with Gasteiger partial charge in [-0.25, -0.2) is 4.39 Å². The van der Waals surface area contributed by atoms with E-state index in [4.69, 9.17) is 5.73 Å². The zero-order valence-corrected chi connectivity index (χ0v) is 13.0. The Morgan fingerprint density at radius 3 is 2.89 bits per heavy atom. The summed E-state index contributed by atoms with van der Waals surface area (Å²) < 4.78 is 13.8. The minimum Gasteiger partial charge on any atom is -0.329 e. The fourth-order valence-corrected chi connectivity index (χ4v) is 3.31. The van der Waals surface area contributed by atoms with Crippen LogP contribution in [0.4, 0.5) is 4.39 Å². The third kappa shape index (κ3) is 3.77. The standard InChI is InChI=1S/C15H22BrFN2/c1-2-11-5-6-19(13(7-11)9-18)10-12-3-4-15(17)14(16)8-12/h3-4,8,11,13H,2,5-7,9-10,18H2,1H3. The predicted molar refractivity (Wildman–Crippen MR) is 80.4 cm³/mol. The number of piperidine rings is 1. The van der Waals surface area contributed by atoms with E-state index in [9.17, 15) is 4.39 Å². The molecule has 106 valence electrons. The van der Waals surface area contributed by atoms with Crippen LogP contribution < -0.4 is 5.73 Å². The van der Waals surface area contributed by atoms with Crippen LogP contribution in [-0.4, -0.2) is 24.0 Å². The van der Waals surface area contributed by atoms with Gasteiger partial charge >= 0.3 is 0 Å². The van der Waals surface area contributed by atoms with Gasteiger partial charge in [0.1, 0.15) is 5.82 Å². The molecule has 1 aromatic rings. The van der Waals surface area contributed by atoms with Crippen molar-refractivity contribution in [3.8, 4) is 0 Å². The monoisotopic (exact) mass is 328 g/mol. The maximum atomic E-state index is 13.2. The van der Waals surface area contributed by atoms with Crippen LogP contribution in [0.3, 0.4) is 0 Å². The Morgan fingerprint density at radius 2 is 2.26 bits per heavy atom. The van der Waals surface area contributed by atoms with Crippen molar-refractivity contribution in [2.24, 2.45) is 11.7 Å². The molecule has 0 amide bonds. The van der Waals surface area contributed by atoms with Gasteiger partial charge in [0.05, 0.1) is 4.47 Å². The zero-order valence-electron chi connectivity index (χ0n) is 11.4. The van der Waals surface area contributed by atoms with Crippen molar-refractivity contribution in [2.75, 3.05) is 13.1 Å². The molecule has 1 aliphatic heterocycles. The third-order valence-electron chi connectivity index (χ3n) is 4.17. The minimum atomic E-state index is -0.205. The highest BCUT2D eigenvalue weighted by molar-refractivity contribution is 9.10. The molecule has 2 nitrogen and oxygen atoms in total. The molecule has 0 aliphatic carbocycles. The van der Waals surface area contributed by atoms with Crippen molar-refractivity contribution in [2.45, 2.75) is 38.8 Å². The molecule has 1 fully saturated rings. The Bertz CT molecular complexity index is 425. The van der Waals surface area contributed by atoms with Crippen LogP contribution in [-0.2, 0) is 6.54 Å². The highest BCUT2D eigenvalue weighted by Gasteiger charge is 2.26. The van der Waals surface area contributed by atoms with Crippen molar-refractivity contribution in [1.29, 1.82) is 0 Å². The van der Waals surface area contributed by atoms with Crippen LogP contribution in [0.1, 0.15) is 31.7 Å². The first-order chi connectivity index (χ1) is 9.13. The SMILES string of the molecule is CCC1CCN(Cc2ccc(F)c(Br)c2)C(CN)C1. The molecular weight excluding hydrogens is 307 g/mol. The summed E-state index contributed by atoms with van der Waals surface area (Å²) in [6.07, 6.45) is 3.68. The number of nitrogens with zero attached hydrogens (tertiary/aromatic N) is 1. The van der Waals surface area contributed by atoms with Gasteiger partial charge in [0, 0.05) is 19.1 Å². The van der Waals surface area contributed by atoms with Gasteiger partial charge in [0.2, 0.25) is 0 Å². The average molecular weight is 329 g/mol. The Kier molecular flexibility index (Phi) is 5.37. The minimum absolute atomic E-state index is 0.205. The number of rotatable bonds is 4. The second-order valence-corrected chi connectivity index (χ2v) is 6.26. The molecule has 0 saturated carbocycles. The lowest BCUT2D eigenvalue weighted by Crippen LogP contribution is -2.46. The first-order valence-corrected chi connectivity index (χ1v) is 7.81. The maximum absolute atomic E-state index is 13.2. The molecule has 2 rings (SSSR count). The highest BCUT2D eigenvalue weighted by Crippen LogP contribution is 2.27. The largest absolute Gasteiger partial charge is 0.329 e. The predicted octanol–water partition coefficient (Wildman–Crippen LogP) is 3.54. The second-order valence-electron chi connectivity index (χ2n) is 5.41. The molecule has 1 aromatic carbocycles. The molecule has 2 atom stereocenters. The van der Waals surface area contributed by atoms with E-state index in [0.29, 0.717) is 17.1 Å². The molecule has 0 aromatic heterocycles. The number of hydrogen-bond donors (Lipinski definition) is 1. The molecule has 1 saturated heterocycles. The zero-order chi connectivity index (χ0) is 13.8. The van der Waals surface area contributed by atoms with E-state index in [1.807, 2.05) is 12.1 Å². The smallest absolute Gasteiger partial charge is 0.137 e. The van der Waals surface area contributed by atoms with Crippen molar-refractivity contribution >= 4 is 15.9 Å². The van der Waals surface area contributed by atoms with E-state index in [-0.39, 0.29) is 5.82 Å². The van der Waals surface area contributed by atoms with Crippen LogP contribution in [0.2, 0.25) is 0 Å². The van der Waals surface area contributed by atoms with Gasteiger partial charge in [-0.2, -0.15) is 0 Å². The average Bonchev–Trinajstić information content (AvgIpc) is 2.43. The van der Waals surface area contributed by atoms with Crippen molar-refractivity contribution < 1.29 is 4.39 Å². The van der Waals surface area contributed by atoms with Crippen LogP contribution >= 0.6 is 15.9 Å². The van der Waals surface area contributed by atoms with Gasteiger partial charge in [-0.15, -0.1) is 0 Å². The van der Waals surface area contributed by atoms with Gasteiger partial charge in [-0.3, -0.25) is 4.90 Å². The molecule has 0 bridgehead atoms. The topological polar surface area (TPSA) is 29.3 Å². The number of nitrogens with two attached hydrogens (primary N) is 1. The number of halogens is 2. The molecule has 1 aliphatic rings. The van der Waals surface area contributed by atoms with Gasteiger partial charge in [-0.05, 0) is 58.9 Å². The first kappa shape index (κ1) is 14.9. The van der Waals surface area contributed by atoms with Gasteiger partial charge < -0.3 is 5.73 Å². The van der Waals surface area contributed by atoms with Gasteiger partial charge in [0.25, 0.3) is 0 Å². The lowest BCUT2D eigenvalue weighted by Gasteiger charge is -2.39. The summed E-state index contributed by atoms with van der Waals surface area (Å²) in [6, 6.07) is 5.71. The first-order valence-electron chi connectivity index (χ1n) is 7.02. The van der Waals surface area contributed by atoms with Crippen LogP contribution in [0.15, 0.2) is 22.7 Å². The fourth-order valence-electron chi connectivity index (χ4n) is 2.88.